The quantitative estimate of drug-likeness (QED) is 0.0305. The predicted octanol–water partition coefficient (Wildman–Crippen LogP) is 17.4. The van der Waals surface area contributed by atoms with Crippen molar-refractivity contribution in [3.63, 3.8) is 0 Å². The summed E-state index contributed by atoms with van der Waals surface area (Å²) in [5, 5.41) is 21.5. The highest BCUT2D eigenvalue weighted by Gasteiger charge is 2.02. The summed E-state index contributed by atoms with van der Waals surface area (Å²) in [4.78, 5) is 0. The van der Waals surface area contributed by atoms with Crippen LogP contribution in [0.1, 0.15) is 275 Å². The minimum atomic E-state index is 0.165. The van der Waals surface area contributed by atoms with Gasteiger partial charge in [-0.05, 0) is 30.5 Å². The van der Waals surface area contributed by atoms with Gasteiger partial charge in [0.2, 0.25) is 0 Å². The average Bonchev–Trinajstić information content (AvgIpc) is 3.15. The van der Waals surface area contributed by atoms with Crippen molar-refractivity contribution in [1.82, 2.24) is 0 Å². The molecule has 0 heterocycles. The molecule has 0 atom stereocenters. The topological polar surface area (TPSA) is 52.8 Å². The molecule has 0 fully saturated rings. The fourth-order valence-electron chi connectivity index (χ4n) is 8.04. The largest absolute Gasteiger partial charge is 0.507 e. The summed E-state index contributed by atoms with van der Waals surface area (Å²) in [6, 6.07) is 5.58. The van der Waals surface area contributed by atoms with Crippen molar-refractivity contribution in [3.05, 3.63) is 29.3 Å². The molecule has 0 aromatic heterocycles. The Morgan fingerprint density at radius 3 is 0.885 bits per heavy atom. The van der Waals surface area contributed by atoms with Gasteiger partial charge in [-0.2, -0.15) is 0 Å². The van der Waals surface area contributed by atoms with Crippen LogP contribution in [-0.2, 0) is 6.42 Å². The van der Waals surface area contributed by atoms with Gasteiger partial charge in [0.1, 0.15) is 5.75 Å². The lowest BCUT2D eigenvalue weighted by Crippen LogP contribution is -1.90. The molecular formula is C49H91NO2. The van der Waals surface area contributed by atoms with E-state index in [0.717, 1.165) is 6.42 Å². The molecule has 0 aliphatic heterocycles. The van der Waals surface area contributed by atoms with E-state index in [0.29, 0.717) is 5.56 Å². The summed E-state index contributed by atoms with van der Waals surface area (Å²) in [5.41, 5.74) is 1.78. The van der Waals surface area contributed by atoms with Gasteiger partial charge in [-0.25, -0.2) is 0 Å². The monoisotopic (exact) mass is 726 g/mol. The number of aryl methyl sites for hydroxylation is 1. The molecule has 0 radical (unpaired) electrons. The fourth-order valence-corrected chi connectivity index (χ4v) is 8.04. The lowest BCUT2D eigenvalue weighted by Gasteiger charge is -2.05. The van der Waals surface area contributed by atoms with Crippen molar-refractivity contribution in [2.24, 2.45) is 5.16 Å². The Bertz CT molecular complexity index is 867. The summed E-state index contributed by atoms with van der Waals surface area (Å²) >= 11 is 0. The molecule has 3 heteroatoms. The number of unbranched alkanes of at least 4 members (excludes halogenated alkanes) is 39. The van der Waals surface area contributed by atoms with Crippen molar-refractivity contribution in [2.45, 2.75) is 270 Å². The fraction of sp³-hybridized carbons (Fsp3) is 0.857. The number of hydrogen-bond acceptors (Lipinski definition) is 3. The first-order valence-electron chi connectivity index (χ1n) is 23.8. The number of hydrogen-bond donors (Lipinski definition) is 2. The normalized spacial score (nSPS) is 11.7. The molecule has 0 saturated heterocycles. The maximum atomic E-state index is 9.77. The molecule has 0 aliphatic rings. The van der Waals surface area contributed by atoms with E-state index in [2.05, 4.69) is 12.1 Å². The van der Waals surface area contributed by atoms with Gasteiger partial charge in [-0.15, -0.1) is 0 Å². The smallest absolute Gasteiger partial charge is 0.124 e. The zero-order valence-corrected chi connectivity index (χ0v) is 35.1. The first kappa shape index (κ1) is 48.5. The maximum absolute atomic E-state index is 9.77. The molecule has 0 amide bonds. The summed E-state index contributed by atoms with van der Waals surface area (Å²) in [6.07, 6.45) is 60.1. The van der Waals surface area contributed by atoms with Gasteiger partial charge in [0, 0.05) is 5.56 Å². The number of phenolic OH excluding ortho intramolecular Hbond substituents is 1. The standard InChI is InChI=1S/C49H91NO2/c1-2-3-4-5-6-7-8-9-10-11-12-13-14-15-16-17-18-19-20-21-22-23-24-25-26-27-28-29-30-31-32-33-34-35-36-37-38-39-40-41-42-47-43-44-49(51)48(45-47)46-50-52/h43-46,51-52H,2-42H2,1H3/b50-46+. The second kappa shape index (κ2) is 40.7. The number of aromatic hydroxyl groups is 1. The highest BCUT2D eigenvalue weighted by Crippen LogP contribution is 2.20. The molecule has 0 bridgehead atoms. The third kappa shape index (κ3) is 34.3. The molecule has 0 saturated carbocycles. The van der Waals surface area contributed by atoms with Gasteiger partial charge >= 0.3 is 0 Å². The minimum Gasteiger partial charge on any atom is -0.507 e. The number of rotatable bonds is 42. The van der Waals surface area contributed by atoms with Crippen molar-refractivity contribution in [2.75, 3.05) is 0 Å². The Kier molecular flexibility index (Phi) is 37.9. The van der Waals surface area contributed by atoms with Crippen LogP contribution >= 0.6 is 0 Å². The Hall–Kier alpha value is -1.51. The van der Waals surface area contributed by atoms with Gasteiger partial charge in [-0.1, -0.05) is 269 Å². The summed E-state index contributed by atoms with van der Waals surface area (Å²) in [5.74, 6) is 0.165. The Morgan fingerprint density at radius 1 is 0.385 bits per heavy atom. The van der Waals surface area contributed by atoms with Gasteiger partial charge in [0.05, 0.1) is 6.21 Å². The third-order valence-electron chi connectivity index (χ3n) is 11.6. The molecule has 1 aromatic rings. The van der Waals surface area contributed by atoms with E-state index in [1.165, 1.54) is 269 Å². The first-order valence-corrected chi connectivity index (χ1v) is 23.8. The number of phenols is 1. The van der Waals surface area contributed by atoms with Crippen LogP contribution in [0.5, 0.6) is 5.75 Å². The van der Waals surface area contributed by atoms with Crippen LogP contribution in [-0.4, -0.2) is 16.5 Å². The van der Waals surface area contributed by atoms with E-state index in [-0.39, 0.29) is 5.75 Å². The van der Waals surface area contributed by atoms with Crippen LogP contribution in [0.15, 0.2) is 23.4 Å². The van der Waals surface area contributed by atoms with Gasteiger partial charge in [0.25, 0.3) is 0 Å². The molecule has 304 valence electrons. The van der Waals surface area contributed by atoms with E-state index < -0.39 is 0 Å². The van der Waals surface area contributed by atoms with Crippen LogP contribution < -0.4 is 0 Å². The van der Waals surface area contributed by atoms with Crippen molar-refractivity contribution >= 4 is 6.21 Å². The Labute approximate surface area is 326 Å². The van der Waals surface area contributed by atoms with Crippen LogP contribution in [0.3, 0.4) is 0 Å². The second-order valence-electron chi connectivity index (χ2n) is 16.7. The van der Waals surface area contributed by atoms with Crippen molar-refractivity contribution < 1.29 is 10.3 Å². The third-order valence-corrected chi connectivity index (χ3v) is 11.6. The van der Waals surface area contributed by atoms with Crippen LogP contribution in [0.25, 0.3) is 0 Å². The molecule has 0 unspecified atom stereocenters. The highest BCUT2D eigenvalue weighted by atomic mass is 16.4. The molecule has 2 N–H and O–H groups in total. The lowest BCUT2D eigenvalue weighted by atomic mass is 10.0. The van der Waals surface area contributed by atoms with Crippen molar-refractivity contribution in [1.29, 1.82) is 0 Å². The zero-order chi connectivity index (χ0) is 37.3. The minimum absolute atomic E-state index is 0.165. The first-order chi connectivity index (χ1) is 25.8. The van der Waals surface area contributed by atoms with Crippen LogP contribution in [0.4, 0.5) is 0 Å². The number of oxime groups is 1. The van der Waals surface area contributed by atoms with Crippen LogP contribution in [0, 0.1) is 0 Å². The van der Waals surface area contributed by atoms with E-state index in [4.69, 9.17) is 5.21 Å². The molecule has 1 aromatic carbocycles. The van der Waals surface area contributed by atoms with Gasteiger partial charge < -0.3 is 10.3 Å². The van der Waals surface area contributed by atoms with E-state index in [1.807, 2.05) is 12.1 Å². The molecule has 1 rings (SSSR count). The van der Waals surface area contributed by atoms with E-state index >= 15 is 0 Å². The zero-order valence-electron chi connectivity index (χ0n) is 35.1. The second-order valence-corrected chi connectivity index (χ2v) is 16.7. The summed E-state index contributed by atoms with van der Waals surface area (Å²) in [7, 11) is 0. The molecular weight excluding hydrogens is 635 g/mol. The van der Waals surface area contributed by atoms with Crippen molar-refractivity contribution in [3.8, 4) is 5.75 Å². The van der Waals surface area contributed by atoms with Gasteiger partial charge in [0.15, 0.2) is 0 Å². The number of benzene rings is 1. The molecule has 0 aliphatic carbocycles. The van der Waals surface area contributed by atoms with E-state index in [1.54, 1.807) is 6.07 Å². The number of nitrogens with zero attached hydrogens (tertiary/aromatic N) is 1. The highest BCUT2D eigenvalue weighted by molar-refractivity contribution is 5.83. The van der Waals surface area contributed by atoms with Crippen LogP contribution in [0.2, 0.25) is 0 Å². The van der Waals surface area contributed by atoms with Gasteiger partial charge in [-0.3, -0.25) is 0 Å². The summed E-state index contributed by atoms with van der Waals surface area (Å²) < 4.78 is 0. The Morgan fingerprint density at radius 2 is 0.635 bits per heavy atom. The Balaban J connectivity index is 1.65. The SMILES string of the molecule is CCCCCCCCCCCCCCCCCCCCCCCCCCCCCCCCCCCCCCCCCCc1ccc(O)c(/C=N/O)c1. The summed E-state index contributed by atoms with van der Waals surface area (Å²) in [6.45, 7) is 2.31. The molecule has 3 nitrogen and oxygen atoms in total. The van der Waals surface area contributed by atoms with E-state index in [9.17, 15) is 5.11 Å². The predicted molar refractivity (Wildman–Crippen MR) is 232 cm³/mol. The average molecular weight is 726 g/mol. The maximum Gasteiger partial charge on any atom is 0.124 e. The molecule has 0 spiro atoms. The lowest BCUT2D eigenvalue weighted by molar-refractivity contribution is 0.321. The molecule has 52 heavy (non-hydrogen) atoms.